The minimum absolute atomic E-state index is 0.192. The van der Waals surface area contributed by atoms with Crippen molar-refractivity contribution in [3.8, 4) is 0 Å². The average Bonchev–Trinajstić information content (AvgIpc) is 2.74. The number of rotatable bonds is 2. The van der Waals surface area contributed by atoms with Crippen molar-refractivity contribution < 1.29 is 17.6 Å². The third kappa shape index (κ3) is 2.52. The molecule has 0 amide bonds. The Hall–Kier alpha value is -2.84. The maximum Gasteiger partial charge on any atom is 0.433 e. The molecule has 1 aromatic carbocycles. The molecule has 0 aliphatic rings. The van der Waals surface area contributed by atoms with Crippen molar-refractivity contribution in [3.05, 3.63) is 46.7 Å². The van der Waals surface area contributed by atoms with Crippen LogP contribution in [0.25, 0.3) is 11.1 Å². The van der Waals surface area contributed by atoms with E-state index in [9.17, 15) is 18.0 Å². The van der Waals surface area contributed by atoms with Gasteiger partial charge in [-0.15, -0.1) is 0 Å². The van der Waals surface area contributed by atoms with Gasteiger partial charge in [-0.3, -0.25) is 4.57 Å². The summed E-state index contributed by atoms with van der Waals surface area (Å²) >= 11 is 0. The average molecular weight is 310 g/mol. The highest BCUT2D eigenvalue weighted by Crippen LogP contribution is 2.28. The second-order valence-electron chi connectivity index (χ2n) is 4.50. The van der Waals surface area contributed by atoms with Gasteiger partial charge in [0.05, 0.1) is 5.52 Å². The van der Waals surface area contributed by atoms with Gasteiger partial charge < -0.3 is 9.73 Å². The molecule has 0 aliphatic carbocycles. The summed E-state index contributed by atoms with van der Waals surface area (Å²) in [5, 5.41) is 2.67. The molecule has 114 valence electrons. The summed E-state index contributed by atoms with van der Waals surface area (Å²) < 4.78 is 44.1. The first-order valence-electron chi connectivity index (χ1n) is 6.11. The van der Waals surface area contributed by atoms with E-state index in [0.717, 1.165) is 12.3 Å². The molecule has 3 rings (SSSR count). The summed E-state index contributed by atoms with van der Waals surface area (Å²) in [4.78, 5) is 18.5. The van der Waals surface area contributed by atoms with Crippen LogP contribution in [0.15, 0.2) is 39.7 Å². The Labute approximate surface area is 121 Å². The van der Waals surface area contributed by atoms with Crippen molar-refractivity contribution in [2.45, 2.75) is 6.18 Å². The van der Waals surface area contributed by atoms with E-state index in [4.69, 9.17) is 4.42 Å². The lowest BCUT2D eigenvalue weighted by Gasteiger charge is -2.08. The fourth-order valence-corrected chi connectivity index (χ4v) is 1.91. The first-order valence-corrected chi connectivity index (χ1v) is 6.11. The molecule has 0 bridgehead atoms. The molecule has 22 heavy (non-hydrogen) atoms. The summed E-state index contributed by atoms with van der Waals surface area (Å²) in [5.41, 5.74) is 0.273. The van der Waals surface area contributed by atoms with Crippen LogP contribution in [-0.4, -0.2) is 14.5 Å². The Morgan fingerprint density at radius 3 is 2.77 bits per heavy atom. The Morgan fingerprint density at radius 1 is 1.27 bits per heavy atom. The monoisotopic (exact) mass is 310 g/mol. The summed E-state index contributed by atoms with van der Waals surface area (Å²) in [6, 6.07) is 5.43. The standard InChI is InChI=1S/C13H9F3N4O2/c1-20-8-6-7(2-3-9(8)22-12(20)21)18-11-17-5-4-10(19-11)13(14,15)16/h2-6H,1H3,(H,17,18,19). The molecular formula is C13H9F3N4O2. The molecule has 3 aromatic rings. The Bertz CT molecular complexity index is 898. The molecule has 0 saturated heterocycles. The molecule has 0 radical (unpaired) electrons. The van der Waals surface area contributed by atoms with Gasteiger partial charge in [0.2, 0.25) is 5.95 Å². The highest BCUT2D eigenvalue weighted by Gasteiger charge is 2.32. The molecule has 0 spiro atoms. The van der Waals surface area contributed by atoms with E-state index in [1.165, 1.54) is 17.7 Å². The number of anilines is 2. The molecule has 0 aliphatic heterocycles. The topological polar surface area (TPSA) is 73.0 Å². The van der Waals surface area contributed by atoms with Gasteiger partial charge in [0, 0.05) is 18.9 Å². The lowest BCUT2D eigenvalue weighted by molar-refractivity contribution is -0.141. The van der Waals surface area contributed by atoms with Crippen LogP contribution in [0, 0.1) is 0 Å². The highest BCUT2D eigenvalue weighted by atomic mass is 19.4. The molecule has 2 aromatic heterocycles. The van der Waals surface area contributed by atoms with Crippen molar-refractivity contribution >= 4 is 22.7 Å². The SMILES string of the molecule is Cn1c(=O)oc2ccc(Nc3nccc(C(F)(F)F)n3)cc21. The maximum absolute atomic E-state index is 12.6. The van der Waals surface area contributed by atoms with Crippen LogP contribution in [0.5, 0.6) is 0 Å². The zero-order chi connectivity index (χ0) is 15.9. The van der Waals surface area contributed by atoms with Gasteiger partial charge in [-0.1, -0.05) is 0 Å². The fraction of sp³-hybridized carbons (Fsp3) is 0.154. The number of nitrogens with one attached hydrogen (secondary N) is 1. The maximum atomic E-state index is 12.6. The molecule has 1 N–H and O–H groups in total. The number of alkyl halides is 3. The quantitative estimate of drug-likeness (QED) is 0.788. The lowest BCUT2D eigenvalue weighted by Crippen LogP contribution is -2.10. The first kappa shape index (κ1) is 14.1. The summed E-state index contributed by atoms with van der Waals surface area (Å²) in [5.74, 6) is -0.717. The molecule has 9 heteroatoms. The number of oxazole rings is 1. The Kier molecular flexibility index (Phi) is 3.12. The normalized spacial score (nSPS) is 11.8. The second kappa shape index (κ2) is 4.86. The number of hydrogen-bond acceptors (Lipinski definition) is 5. The first-order chi connectivity index (χ1) is 10.3. The van der Waals surface area contributed by atoms with Crippen LogP contribution in [-0.2, 0) is 13.2 Å². The fourth-order valence-electron chi connectivity index (χ4n) is 1.91. The predicted octanol–water partition coefficient (Wildman–Crippen LogP) is 2.68. The second-order valence-corrected chi connectivity index (χ2v) is 4.50. The van der Waals surface area contributed by atoms with Crippen LogP contribution in [0.2, 0.25) is 0 Å². The van der Waals surface area contributed by atoms with Gasteiger partial charge in [-0.2, -0.15) is 13.2 Å². The molecular weight excluding hydrogens is 301 g/mol. The van der Waals surface area contributed by atoms with Crippen LogP contribution < -0.4 is 11.1 Å². The van der Waals surface area contributed by atoms with E-state index in [1.807, 2.05) is 0 Å². The summed E-state index contributed by atoms with van der Waals surface area (Å²) in [7, 11) is 1.53. The molecule has 0 fully saturated rings. The number of hydrogen-bond donors (Lipinski definition) is 1. The molecule has 0 atom stereocenters. The molecule has 0 saturated carbocycles. The molecule has 6 nitrogen and oxygen atoms in total. The van der Waals surface area contributed by atoms with E-state index in [1.54, 1.807) is 12.1 Å². The van der Waals surface area contributed by atoms with Crippen LogP contribution in [0.3, 0.4) is 0 Å². The minimum Gasteiger partial charge on any atom is -0.408 e. The lowest BCUT2D eigenvalue weighted by atomic mass is 10.3. The Balaban J connectivity index is 1.96. The van der Waals surface area contributed by atoms with Crippen molar-refractivity contribution in [2.75, 3.05) is 5.32 Å². The van der Waals surface area contributed by atoms with Gasteiger partial charge >= 0.3 is 11.9 Å². The van der Waals surface area contributed by atoms with Gasteiger partial charge in [0.1, 0.15) is 5.69 Å². The van der Waals surface area contributed by atoms with E-state index in [2.05, 4.69) is 15.3 Å². The molecule has 2 heterocycles. The van der Waals surface area contributed by atoms with Gasteiger partial charge in [0.15, 0.2) is 5.58 Å². The van der Waals surface area contributed by atoms with E-state index in [-0.39, 0.29) is 5.95 Å². The number of aryl methyl sites for hydroxylation is 1. The van der Waals surface area contributed by atoms with E-state index in [0.29, 0.717) is 16.8 Å². The molecule has 0 unspecified atom stereocenters. The smallest absolute Gasteiger partial charge is 0.408 e. The summed E-state index contributed by atoms with van der Waals surface area (Å²) in [6.45, 7) is 0. The van der Waals surface area contributed by atoms with Crippen LogP contribution in [0.4, 0.5) is 24.8 Å². The zero-order valence-corrected chi connectivity index (χ0v) is 11.2. The number of nitrogens with zero attached hydrogens (tertiary/aromatic N) is 3. The van der Waals surface area contributed by atoms with Crippen molar-refractivity contribution in [3.63, 3.8) is 0 Å². The number of fused-ring (bicyclic) bond motifs is 1. The third-order valence-corrected chi connectivity index (χ3v) is 2.99. The van der Waals surface area contributed by atoms with E-state index >= 15 is 0 Å². The van der Waals surface area contributed by atoms with Crippen molar-refractivity contribution in [1.29, 1.82) is 0 Å². The third-order valence-electron chi connectivity index (χ3n) is 2.99. The minimum atomic E-state index is -4.54. The highest BCUT2D eigenvalue weighted by molar-refractivity contribution is 5.78. The van der Waals surface area contributed by atoms with Crippen molar-refractivity contribution in [2.24, 2.45) is 7.05 Å². The largest absolute Gasteiger partial charge is 0.433 e. The van der Waals surface area contributed by atoms with Crippen LogP contribution in [0.1, 0.15) is 5.69 Å². The van der Waals surface area contributed by atoms with Crippen molar-refractivity contribution in [1.82, 2.24) is 14.5 Å². The number of benzene rings is 1. The van der Waals surface area contributed by atoms with Gasteiger partial charge in [-0.05, 0) is 24.3 Å². The van der Waals surface area contributed by atoms with Crippen LogP contribution >= 0.6 is 0 Å². The number of aromatic nitrogens is 3. The predicted molar refractivity (Wildman–Crippen MR) is 71.8 cm³/mol. The van der Waals surface area contributed by atoms with Gasteiger partial charge in [0.25, 0.3) is 0 Å². The van der Waals surface area contributed by atoms with E-state index < -0.39 is 17.6 Å². The van der Waals surface area contributed by atoms with Gasteiger partial charge in [-0.25, -0.2) is 14.8 Å². The number of halogens is 3. The zero-order valence-electron chi connectivity index (χ0n) is 11.2. The summed E-state index contributed by atoms with van der Waals surface area (Å²) in [6.07, 6.45) is -3.53. The Morgan fingerprint density at radius 2 is 2.05 bits per heavy atom.